The molecule has 102 valence electrons. The molecular formula is C15H23BrO2. The van der Waals surface area contributed by atoms with Crippen LogP contribution in [0.2, 0.25) is 0 Å². The van der Waals surface area contributed by atoms with Gasteiger partial charge in [0.1, 0.15) is 5.75 Å². The predicted octanol–water partition coefficient (Wildman–Crippen LogP) is 4.58. The van der Waals surface area contributed by atoms with Crippen LogP contribution in [0.1, 0.15) is 38.4 Å². The van der Waals surface area contributed by atoms with Gasteiger partial charge in [-0.25, -0.2) is 0 Å². The van der Waals surface area contributed by atoms with Crippen LogP contribution in [-0.2, 0) is 4.74 Å². The summed E-state index contributed by atoms with van der Waals surface area (Å²) in [5.74, 6) is 1.63. The zero-order valence-corrected chi connectivity index (χ0v) is 13.1. The molecule has 1 rings (SSSR count). The van der Waals surface area contributed by atoms with Gasteiger partial charge in [-0.1, -0.05) is 41.9 Å². The van der Waals surface area contributed by atoms with Gasteiger partial charge in [0, 0.05) is 11.9 Å². The average Bonchev–Trinajstić information content (AvgIpc) is 2.39. The zero-order valence-electron chi connectivity index (χ0n) is 11.5. The molecule has 0 spiro atoms. The lowest BCUT2D eigenvalue weighted by Crippen LogP contribution is -2.07. The molecule has 18 heavy (non-hydrogen) atoms. The Morgan fingerprint density at radius 3 is 2.33 bits per heavy atom. The predicted molar refractivity (Wildman–Crippen MR) is 79.6 cm³/mol. The van der Waals surface area contributed by atoms with Gasteiger partial charge in [-0.05, 0) is 36.5 Å². The van der Waals surface area contributed by atoms with Crippen molar-refractivity contribution in [2.24, 2.45) is 5.92 Å². The second-order valence-electron chi connectivity index (χ2n) is 4.82. The monoisotopic (exact) mass is 314 g/mol. The molecule has 0 bridgehead atoms. The molecule has 3 heteroatoms. The first-order valence-electron chi connectivity index (χ1n) is 6.49. The number of alkyl halides is 1. The Bertz CT molecular complexity index is 322. The van der Waals surface area contributed by atoms with Crippen LogP contribution in [0, 0.1) is 5.92 Å². The van der Waals surface area contributed by atoms with Gasteiger partial charge in [0.2, 0.25) is 0 Å². The summed E-state index contributed by atoms with van der Waals surface area (Å²) < 4.78 is 11.1. The van der Waals surface area contributed by atoms with Crippen molar-refractivity contribution in [2.75, 3.05) is 19.0 Å². The number of benzene rings is 1. The van der Waals surface area contributed by atoms with Gasteiger partial charge in [-0.15, -0.1) is 0 Å². The van der Waals surface area contributed by atoms with E-state index in [-0.39, 0.29) is 6.10 Å². The summed E-state index contributed by atoms with van der Waals surface area (Å²) in [6, 6.07) is 8.07. The van der Waals surface area contributed by atoms with Crippen molar-refractivity contribution < 1.29 is 9.47 Å². The molecule has 1 unspecified atom stereocenters. The summed E-state index contributed by atoms with van der Waals surface area (Å²) in [5, 5.41) is 0.820. The fraction of sp³-hybridized carbons (Fsp3) is 0.600. The van der Waals surface area contributed by atoms with E-state index in [2.05, 4.69) is 41.9 Å². The van der Waals surface area contributed by atoms with Crippen LogP contribution >= 0.6 is 15.9 Å². The minimum atomic E-state index is 0.128. The molecule has 0 aromatic heterocycles. The second-order valence-corrected chi connectivity index (χ2v) is 5.47. The van der Waals surface area contributed by atoms with Gasteiger partial charge in [-0.3, -0.25) is 0 Å². The highest BCUT2D eigenvalue weighted by Crippen LogP contribution is 2.23. The largest absolute Gasteiger partial charge is 0.497 e. The fourth-order valence-electron chi connectivity index (χ4n) is 1.77. The molecule has 0 amide bonds. The van der Waals surface area contributed by atoms with Crippen molar-refractivity contribution in [3.8, 4) is 5.75 Å². The van der Waals surface area contributed by atoms with Crippen molar-refractivity contribution >= 4 is 15.9 Å². The van der Waals surface area contributed by atoms with E-state index in [0.29, 0.717) is 0 Å². The van der Waals surface area contributed by atoms with E-state index in [1.54, 1.807) is 7.11 Å². The van der Waals surface area contributed by atoms with Crippen molar-refractivity contribution in [1.82, 2.24) is 0 Å². The molecule has 0 saturated heterocycles. The molecule has 1 aromatic rings. The molecule has 0 saturated carbocycles. The Morgan fingerprint density at radius 1 is 1.17 bits per heavy atom. The van der Waals surface area contributed by atoms with E-state index >= 15 is 0 Å². The summed E-state index contributed by atoms with van der Waals surface area (Å²) in [4.78, 5) is 0. The summed E-state index contributed by atoms with van der Waals surface area (Å²) in [6.07, 6.45) is 2.47. The number of ether oxygens (including phenoxy) is 2. The molecule has 0 N–H and O–H groups in total. The molecule has 1 atom stereocenters. The Balaban J connectivity index is 2.44. The van der Waals surface area contributed by atoms with Crippen LogP contribution in [0.3, 0.4) is 0 Å². The Hall–Kier alpha value is -0.540. The smallest absolute Gasteiger partial charge is 0.118 e. The molecule has 0 aliphatic rings. The minimum absolute atomic E-state index is 0.128. The molecule has 0 fully saturated rings. The first-order valence-corrected chi connectivity index (χ1v) is 7.61. The Morgan fingerprint density at radius 2 is 1.83 bits per heavy atom. The maximum absolute atomic E-state index is 5.91. The highest BCUT2D eigenvalue weighted by molar-refractivity contribution is 9.09. The van der Waals surface area contributed by atoms with Crippen LogP contribution < -0.4 is 4.74 Å². The quantitative estimate of drug-likeness (QED) is 0.516. The maximum atomic E-state index is 5.91. The van der Waals surface area contributed by atoms with Crippen LogP contribution in [0.25, 0.3) is 0 Å². The second kappa shape index (κ2) is 8.54. The molecule has 0 aliphatic carbocycles. The average molecular weight is 315 g/mol. The van der Waals surface area contributed by atoms with Gasteiger partial charge in [-0.2, -0.15) is 0 Å². The third-order valence-electron chi connectivity index (χ3n) is 2.87. The van der Waals surface area contributed by atoms with E-state index in [4.69, 9.17) is 9.47 Å². The zero-order chi connectivity index (χ0) is 13.4. The van der Waals surface area contributed by atoms with E-state index in [0.717, 1.165) is 30.0 Å². The molecular weight excluding hydrogens is 292 g/mol. The molecule has 0 radical (unpaired) electrons. The number of hydrogen-bond acceptors (Lipinski definition) is 2. The third-order valence-corrected chi connectivity index (χ3v) is 3.46. The van der Waals surface area contributed by atoms with Crippen molar-refractivity contribution in [3.63, 3.8) is 0 Å². The Kier molecular flexibility index (Phi) is 7.36. The molecule has 2 nitrogen and oxygen atoms in total. The number of hydrogen-bond donors (Lipinski definition) is 0. The van der Waals surface area contributed by atoms with Gasteiger partial charge in [0.15, 0.2) is 0 Å². The summed E-state index contributed by atoms with van der Waals surface area (Å²) in [6.45, 7) is 5.30. The van der Waals surface area contributed by atoms with Crippen molar-refractivity contribution in [3.05, 3.63) is 29.8 Å². The fourth-order valence-corrected chi connectivity index (χ4v) is 2.33. The summed E-state index contributed by atoms with van der Waals surface area (Å²) in [7, 11) is 1.68. The summed E-state index contributed by atoms with van der Waals surface area (Å²) >= 11 is 3.51. The molecule has 1 aromatic carbocycles. The lowest BCUT2D eigenvalue weighted by molar-refractivity contribution is 0.0654. The number of halogens is 1. The van der Waals surface area contributed by atoms with Gasteiger partial charge >= 0.3 is 0 Å². The van der Waals surface area contributed by atoms with Crippen LogP contribution in [0.4, 0.5) is 0 Å². The maximum Gasteiger partial charge on any atom is 0.118 e. The third kappa shape index (κ3) is 5.40. The van der Waals surface area contributed by atoms with E-state index in [1.807, 2.05) is 12.1 Å². The lowest BCUT2D eigenvalue weighted by atomic mass is 10.1. The highest BCUT2D eigenvalue weighted by atomic mass is 79.9. The molecule has 0 heterocycles. The van der Waals surface area contributed by atoms with E-state index in [1.165, 1.54) is 12.0 Å². The summed E-state index contributed by atoms with van der Waals surface area (Å²) in [5.41, 5.74) is 1.19. The Labute approximate surface area is 119 Å². The van der Waals surface area contributed by atoms with Crippen LogP contribution in [0.5, 0.6) is 5.75 Å². The van der Waals surface area contributed by atoms with E-state index < -0.39 is 0 Å². The topological polar surface area (TPSA) is 18.5 Å². The minimum Gasteiger partial charge on any atom is -0.497 e. The first kappa shape index (κ1) is 15.5. The lowest BCUT2D eigenvalue weighted by Gasteiger charge is -2.16. The number of rotatable bonds is 8. The van der Waals surface area contributed by atoms with Crippen LogP contribution in [0.15, 0.2) is 24.3 Å². The SMILES string of the molecule is COc1ccc(C(CBr)OCCCC(C)C)cc1. The normalized spacial score (nSPS) is 12.7. The number of methoxy groups -OCH3 is 1. The molecule has 0 aliphatic heterocycles. The highest BCUT2D eigenvalue weighted by Gasteiger charge is 2.10. The van der Waals surface area contributed by atoms with Crippen molar-refractivity contribution in [2.45, 2.75) is 32.8 Å². The van der Waals surface area contributed by atoms with Gasteiger partial charge < -0.3 is 9.47 Å². The first-order chi connectivity index (χ1) is 8.67. The van der Waals surface area contributed by atoms with Gasteiger partial charge in [0.25, 0.3) is 0 Å². The van der Waals surface area contributed by atoms with Gasteiger partial charge in [0.05, 0.1) is 13.2 Å². The standard InChI is InChI=1S/C15H23BrO2/c1-12(2)5-4-10-18-15(11-16)13-6-8-14(17-3)9-7-13/h6-9,12,15H,4-5,10-11H2,1-3H3. The van der Waals surface area contributed by atoms with Crippen molar-refractivity contribution in [1.29, 1.82) is 0 Å². The van der Waals surface area contributed by atoms with Crippen LogP contribution in [-0.4, -0.2) is 19.0 Å². The van der Waals surface area contributed by atoms with E-state index in [9.17, 15) is 0 Å².